The van der Waals surface area contributed by atoms with Crippen molar-refractivity contribution >= 4 is 45.7 Å². The van der Waals surface area contributed by atoms with Gasteiger partial charge in [-0.25, -0.2) is 4.39 Å². The predicted octanol–water partition coefficient (Wildman–Crippen LogP) is 5.38. The van der Waals surface area contributed by atoms with E-state index in [1.54, 1.807) is 54.6 Å². The lowest BCUT2D eigenvalue weighted by molar-refractivity contribution is -0.132. The minimum Gasteiger partial charge on any atom is -0.507 e. The average molecular weight is 592 g/mol. The standard InChI is InChI=1S/C29H22FN3O6S2/c1-37-20-9-4-17(5-10-20)24-23(25(34)18-6-11-21-22(14-18)39-13-12-38-21)26(35)27(36)33(24)28-31-32-29(41-28)40-15-16-2-7-19(30)8-3-16/h2-11,14,24,34H,12-13,15H2,1H3/b25-23+. The van der Waals surface area contributed by atoms with E-state index in [2.05, 4.69) is 10.2 Å². The number of methoxy groups -OCH3 is 1. The molecule has 0 saturated carbocycles. The quantitative estimate of drug-likeness (QED) is 0.0996. The van der Waals surface area contributed by atoms with Crippen LogP contribution in [0.4, 0.5) is 9.52 Å². The van der Waals surface area contributed by atoms with E-state index >= 15 is 0 Å². The lowest BCUT2D eigenvalue weighted by Gasteiger charge is -2.23. The molecule has 2 aliphatic heterocycles. The van der Waals surface area contributed by atoms with Crippen LogP contribution in [0.15, 0.2) is 76.6 Å². The van der Waals surface area contributed by atoms with Gasteiger partial charge >= 0.3 is 5.91 Å². The number of hydrogen-bond donors (Lipinski definition) is 1. The third-order valence-electron chi connectivity index (χ3n) is 6.57. The molecule has 9 nitrogen and oxygen atoms in total. The average Bonchev–Trinajstić information content (AvgIpc) is 3.58. The fourth-order valence-electron chi connectivity index (χ4n) is 4.56. The van der Waals surface area contributed by atoms with Gasteiger partial charge in [-0.2, -0.15) is 0 Å². The molecule has 3 aromatic carbocycles. The van der Waals surface area contributed by atoms with E-state index in [1.165, 1.54) is 35.9 Å². The number of thioether (sulfide) groups is 1. The molecule has 0 bridgehead atoms. The van der Waals surface area contributed by atoms with E-state index in [9.17, 15) is 19.1 Å². The molecule has 4 aromatic rings. The maximum atomic E-state index is 13.5. The van der Waals surface area contributed by atoms with Crippen molar-refractivity contribution in [2.24, 2.45) is 0 Å². The smallest absolute Gasteiger partial charge is 0.301 e. The first-order valence-corrected chi connectivity index (χ1v) is 14.3. The zero-order chi connectivity index (χ0) is 28.5. The second-order valence-electron chi connectivity index (χ2n) is 9.07. The maximum absolute atomic E-state index is 13.5. The number of aromatic nitrogens is 2. The van der Waals surface area contributed by atoms with Crippen molar-refractivity contribution in [2.45, 2.75) is 16.1 Å². The first-order valence-electron chi connectivity index (χ1n) is 12.5. The second-order valence-corrected chi connectivity index (χ2v) is 11.2. The Kier molecular flexibility index (Phi) is 7.33. The summed E-state index contributed by atoms with van der Waals surface area (Å²) in [5.41, 5.74) is 1.68. The summed E-state index contributed by atoms with van der Waals surface area (Å²) in [6.07, 6.45) is 0. The number of carbonyl (C=O) groups excluding carboxylic acids is 2. The first kappa shape index (κ1) is 26.8. The zero-order valence-corrected chi connectivity index (χ0v) is 23.2. The minimum atomic E-state index is -0.975. The molecule has 1 aromatic heterocycles. The molecule has 1 unspecified atom stereocenters. The number of halogens is 1. The topological polar surface area (TPSA) is 111 Å². The van der Waals surface area contributed by atoms with Crippen LogP contribution in [-0.2, 0) is 15.3 Å². The third-order valence-corrected chi connectivity index (χ3v) is 8.70. The fraction of sp³-hybridized carbons (Fsp3) is 0.172. The number of ether oxygens (including phenoxy) is 3. The van der Waals surface area contributed by atoms with Crippen LogP contribution in [0.25, 0.3) is 5.76 Å². The molecule has 1 atom stereocenters. The summed E-state index contributed by atoms with van der Waals surface area (Å²) >= 11 is 2.52. The third kappa shape index (κ3) is 5.23. The lowest BCUT2D eigenvalue weighted by atomic mass is 9.95. The first-order chi connectivity index (χ1) is 19.9. The molecule has 6 rings (SSSR count). The van der Waals surface area contributed by atoms with Crippen LogP contribution in [0.5, 0.6) is 17.2 Å². The molecule has 1 N–H and O–H groups in total. The molecule has 0 radical (unpaired) electrons. The normalized spacial score (nSPS) is 17.6. The molecule has 2 aliphatic rings. The van der Waals surface area contributed by atoms with E-state index in [1.807, 2.05) is 0 Å². The molecule has 41 heavy (non-hydrogen) atoms. The van der Waals surface area contributed by atoms with E-state index < -0.39 is 17.7 Å². The summed E-state index contributed by atoms with van der Waals surface area (Å²) in [4.78, 5) is 28.2. The molecule has 1 saturated heterocycles. The van der Waals surface area contributed by atoms with E-state index in [0.717, 1.165) is 16.9 Å². The van der Waals surface area contributed by atoms with Gasteiger partial charge in [0.1, 0.15) is 30.5 Å². The SMILES string of the molecule is COc1ccc(C2/C(=C(\O)c3ccc4c(c3)OCCO4)C(=O)C(=O)N2c2nnc(SCc3ccc(F)cc3)s2)cc1. The largest absolute Gasteiger partial charge is 0.507 e. The Morgan fingerprint density at radius 1 is 1.05 bits per heavy atom. The number of aliphatic hydroxyl groups is 1. The number of anilines is 1. The Hall–Kier alpha value is -4.42. The van der Waals surface area contributed by atoms with Gasteiger partial charge in [-0.3, -0.25) is 14.5 Å². The number of carbonyl (C=O) groups is 2. The van der Waals surface area contributed by atoms with Gasteiger partial charge in [-0.15, -0.1) is 10.2 Å². The van der Waals surface area contributed by atoms with Crippen molar-refractivity contribution in [3.05, 3.63) is 94.8 Å². The summed E-state index contributed by atoms with van der Waals surface area (Å²) in [7, 11) is 1.54. The van der Waals surface area contributed by atoms with Crippen molar-refractivity contribution < 1.29 is 33.3 Å². The summed E-state index contributed by atoms with van der Waals surface area (Å²) < 4.78 is 30.3. The Bertz CT molecular complexity index is 1660. The summed E-state index contributed by atoms with van der Waals surface area (Å²) in [5.74, 6) is -0.291. The van der Waals surface area contributed by atoms with Crippen LogP contribution < -0.4 is 19.1 Å². The zero-order valence-electron chi connectivity index (χ0n) is 21.6. The van der Waals surface area contributed by atoms with Crippen molar-refractivity contribution in [1.29, 1.82) is 0 Å². The van der Waals surface area contributed by atoms with Gasteiger partial charge in [0.2, 0.25) is 5.13 Å². The molecular formula is C29H22FN3O6S2. The summed E-state index contributed by atoms with van der Waals surface area (Å²) in [5, 5.41) is 20.1. The number of aliphatic hydroxyl groups excluding tert-OH is 1. The molecule has 1 fully saturated rings. The summed E-state index contributed by atoms with van der Waals surface area (Å²) in [6.45, 7) is 0.763. The summed E-state index contributed by atoms with van der Waals surface area (Å²) in [6, 6.07) is 16.9. The van der Waals surface area contributed by atoms with Gasteiger partial charge in [0.25, 0.3) is 5.78 Å². The van der Waals surface area contributed by atoms with Crippen LogP contribution in [0.3, 0.4) is 0 Å². The number of benzene rings is 3. The number of hydrogen-bond acceptors (Lipinski definition) is 10. The molecule has 1 amide bonds. The molecule has 3 heterocycles. The monoisotopic (exact) mass is 591 g/mol. The van der Waals surface area contributed by atoms with E-state index in [0.29, 0.717) is 51.7 Å². The Balaban J connectivity index is 1.38. The fourth-order valence-corrected chi connectivity index (χ4v) is 6.38. The number of rotatable bonds is 7. The minimum absolute atomic E-state index is 0.0902. The highest BCUT2D eigenvalue weighted by Gasteiger charge is 2.48. The highest BCUT2D eigenvalue weighted by atomic mass is 32.2. The molecule has 208 valence electrons. The Morgan fingerprint density at radius 3 is 2.51 bits per heavy atom. The van der Waals surface area contributed by atoms with Gasteiger partial charge in [0.15, 0.2) is 15.8 Å². The van der Waals surface area contributed by atoms with Crippen LogP contribution >= 0.6 is 23.1 Å². The molecule has 0 aliphatic carbocycles. The van der Waals surface area contributed by atoms with E-state index in [4.69, 9.17) is 14.2 Å². The Labute approximate surface area is 242 Å². The number of Topliss-reactive ketones (excluding diaryl/α,β-unsaturated/α-hetero) is 1. The second kappa shape index (κ2) is 11.2. The Morgan fingerprint density at radius 2 is 1.78 bits per heavy atom. The van der Waals surface area contributed by atoms with Crippen LogP contribution in [0.2, 0.25) is 0 Å². The maximum Gasteiger partial charge on any atom is 0.301 e. The highest BCUT2D eigenvalue weighted by Crippen LogP contribution is 2.45. The van der Waals surface area contributed by atoms with Crippen molar-refractivity contribution in [1.82, 2.24) is 10.2 Å². The van der Waals surface area contributed by atoms with Crippen molar-refractivity contribution in [3.8, 4) is 17.2 Å². The lowest BCUT2D eigenvalue weighted by Crippen LogP contribution is -2.29. The van der Waals surface area contributed by atoms with Crippen molar-refractivity contribution in [3.63, 3.8) is 0 Å². The molecule has 0 spiro atoms. The van der Waals surface area contributed by atoms with Gasteiger partial charge in [-0.05, 0) is 53.6 Å². The van der Waals surface area contributed by atoms with Gasteiger partial charge in [-0.1, -0.05) is 47.4 Å². The van der Waals surface area contributed by atoms with Crippen LogP contribution in [0.1, 0.15) is 22.7 Å². The van der Waals surface area contributed by atoms with Crippen molar-refractivity contribution in [2.75, 3.05) is 25.2 Å². The molecular weight excluding hydrogens is 569 g/mol. The van der Waals surface area contributed by atoms with Gasteiger partial charge in [0.05, 0.1) is 18.7 Å². The van der Waals surface area contributed by atoms with Crippen LogP contribution in [-0.4, -0.2) is 47.3 Å². The van der Waals surface area contributed by atoms with E-state index in [-0.39, 0.29) is 22.3 Å². The van der Waals surface area contributed by atoms with Crippen LogP contribution in [0, 0.1) is 5.82 Å². The number of ketones is 1. The van der Waals surface area contributed by atoms with Gasteiger partial charge in [0, 0.05) is 11.3 Å². The number of fused-ring (bicyclic) bond motifs is 1. The molecule has 12 heteroatoms. The van der Waals surface area contributed by atoms with Gasteiger partial charge < -0.3 is 19.3 Å². The number of amides is 1. The number of nitrogens with zero attached hydrogens (tertiary/aromatic N) is 3. The predicted molar refractivity (Wildman–Crippen MR) is 151 cm³/mol. The highest BCUT2D eigenvalue weighted by molar-refractivity contribution is 8.00.